The van der Waals surface area contributed by atoms with Gasteiger partial charge in [-0.05, 0) is 38.1 Å². The number of hydrogen-bond donors (Lipinski definition) is 1. The predicted molar refractivity (Wildman–Crippen MR) is 71.1 cm³/mol. The van der Waals surface area contributed by atoms with E-state index in [1.54, 1.807) is 19.2 Å². The summed E-state index contributed by atoms with van der Waals surface area (Å²) in [4.78, 5) is 13.4. The standard InChI is InChI=1S/C14H19NO4/c1-18-11-4-5-12(14(16)17)13(10-11)19-9-8-15-6-2-3-7-15/h4-5,10H,2-3,6-9H2,1H3,(H,16,17). The monoisotopic (exact) mass is 265 g/mol. The predicted octanol–water partition coefficient (Wildman–Crippen LogP) is 1.87. The highest BCUT2D eigenvalue weighted by molar-refractivity contribution is 5.91. The second-order valence-electron chi connectivity index (χ2n) is 4.56. The quantitative estimate of drug-likeness (QED) is 0.851. The van der Waals surface area contributed by atoms with Gasteiger partial charge in [0.2, 0.25) is 0 Å². The van der Waals surface area contributed by atoms with Crippen LogP contribution in [0.4, 0.5) is 0 Å². The summed E-state index contributed by atoms with van der Waals surface area (Å²) >= 11 is 0. The SMILES string of the molecule is COc1ccc(C(=O)O)c(OCCN2CCCC2)c1. The van der Waals surface area contributed by atoms with E-state index in [0.29, 0.717) is 18.1 Å². The number of benzene rings is 1. The van der Waals surface area contributed by atoms with Crippen LogP contribution in [0.3, 0.4) is 0 Å². The van der Waals surface area contributed by atoms with E-state index in [1.165, 1.54) is 18.9 Å². The van der Waals surface area contributed by atoms with E-state index in [2.05, 4.69) is 4.90 Å². The van der Waals surface area contributed by atoms with E-state index in [9.17, 15) is 4.79 Å². The van der Waals surface area contributed by atoms with Crippen molar-refractivity contribution in [2.45, 2.75) is 12.8 Å². The molecule has 1 aromatic carbocycles. The lowest BCUT2D eigenvalue weighted by atomic mass is 10.2. The van der Waals surface area contributed by atoms with Gasteiger partial charge in [0.1, 0.15) is 23.7 Å². The van der Waals surface area contributed by atoms with Crippen molar-refractivity contribution in [3.8, 4) is 11.5 Å². The molecule has 19 heavy (non-hydrogen) atoms. The largest absolute Gasteiger partial charge is 0.497 e. The van der Waals surface area contributed by atoms with Crippen LogP contribution in [0.1, 0.15) is 23.2 Å². The van der Waals surface area contributed by atoms with Crippen molar-refractivity contribution in [1.82, 2.24) is 4.90 Å². The van der Waals surface area contributed by atoms with Crippen LogP contribution in [0.5, 0.6) is 11.5 Å². The van der Waals surface area contributed by atoms with Gasteiger partial charge in [-0.15, -0.1) is 0 Å². The highest BCUT2D eigenvalue weighted by Gasteiger charge is 2.14. The number of hydrogen-bond acceptors (Lipinski definition) is 4. The van der Waals surface area contributed by atoms with E-state index < -0.39 is 5.97 Å². The average molecular weight is 265 g/mol. The molecule has 5 heteroatoms. The number of methoxy groups -OCH3 is 1. The fourth-order valence-corrected chi connectivity index (χ4v) is 2.22. The lowest BCUT2D eigenvalue weighted by Gasteiger charge is -2.16. The van der Waals surface area contributed by atoms with Crippen LogP contribution in [0.15, 0.2) is 18.2 Å². The molecule has 1 aromatic rings. The summed E-state index contributed by atoms with van der Waals surface area (Å²) < 4.78 is 10.7. The molecule has 2 rings (SSSR count). The summed E-state index contributed by atoms with van der Waals surface area (Å²) in [5, 5.41) is 9.11. The Morgan fingerprint density at radius 2 is 2.11 bits per heavy atom. The van der Waals surface area contributed by atoms with Crippen molar-refractivity contribution >= 4 is 5.97 Å². The van der Waals surface area contributed by atoms with E-state index in [-0.39, 0.29) is 5.56 Å². The molecule has 1 aliphatic rings. The number of aromatic carboxylic acids is 1. The van der Waals surface area contributed by atoms with Gasteiger partial charge in [-0.2, -0.15) is 0 Å². The molecule has 5 nitrogen and oxygen atoms in total. The fraction of sp³-hybridized carbons (Fsp3) is 0.500. The zero-order chi connectivity index (χ0) is 13.7. The van der Waals surface area contributed by atoms with E-state index >= 15 is 0 Å². The summed E-state index contributed by atoms with van der Waals surface area (Å²) in [5.74, 6) is -0.0222. The molecule has 0 aromatic heterocycles. The van der Waals surface area contributed by atoms with Crippen LogP contribution in [0.2, 0.25) is 0 Å². The zero-order valence-electron chi connectivity index (χ0n) is 11.1. The maximum Gasteiger partial charge on any atom is 0.339 e. The van der Waals surface area contributed by atoms with Gasteiger partial charge in [0.05, 0.1) is 7.11 Å². The topological polar surface area (TPSA) is 59.0 Å². The Balaban J connectivity index is 1.98. The number of likely N-dealkylation sites (tertiary alicyclic amines) is 1. The molecular formula is C14H19NO4. The maximum atomic E-state index is 11.1. The molecule has 1 fully saturated rings. The zero-order valence-corrected chi connectivity index (χ0v) is 11.1. The van der Waals surface area contributed by atoms with Gasteiger partial charge in [-0.25, -0.2) is 4.79 Å². The third-order valence-electron chi connectivity index (χ3n) is 3.28. The second kappa shape index (κ2) is 6.43. The number of ether oxygens (including phenoxy) is 2. The molecular weight excluding hydrogens is 246 g/mol. The number of nitrogens with zero attached hydrogens (tertiary/aromatic N) is 1. The summed E-state index contributed by atoms with van der Waals surface area (Å²) in [7, 11) is 1.55. The van der Waals surface area contributed by atoms with Gasteiger partial charge in [-0.3, -0.25) is 4.90 Å². The molecule has 0 bridgehead atoms. The van der Waals surface area contributed by atoms with E-state index in [1.807, 2.05) is 0 Å². The summed E-state index contributed by atoms with van der Waals surface area (Å²) in [5.41, 5.74) is 0.169. The first kappa shape index (κ1) is 13.7. The number of carboxylic acid groups (broad SMARTS) is 1. The molecule has 0 unspecified atom stereocenters. The van der Waals surface area contributed by atoms with Gasteiger partial charge in [0.25, 0.3) is 0 Å². The summed E-state index contributed by atoms with van der Waals surface area (Å²) in [6, 6.07) is 4.75. The first-order valence-electron chi connectivity index (χ1n) is 6.47. The van der Waals surface area contributed by atoms with Crippen molar-refractivity contribution in [2.75, 3.05) is 33.4 Å². The van der Waals surface area contributed by atoms with Crippen LogP contribution < -0.4 is 9.47 Å². The molecule has 0 amide bonds. The minimum Gasteiger partial charge on any atom is -0.497 e. The van der Waals surface area contributed by atoms with Crippen LogP contribution in [0, 0.1) is 0 Å². The Labute approximate surface area is 112 Å². The van der Waals surface area contributed by atoms with Crippen molar-refractivity contribution in [1.29, 1.82) is 0 Å². The maximum absolute atomic E-state index is 11.1. The molecule has 1 heterocycles. The Morgan fingerprint density at radius 1 is 1.37 bits per heavy atom. The molecule has 104 valence electrons. The lowest BCUT2D eigenvalue weighted by molar-refractivity contribution is 0.0691. The third kappa shape index (κ3) is 3.61. The average Bonchev–Trinajstić information content (AvgIpc) is 2.91. The van der Waals surface area contributed by atoms with Gasteiger partial charge < -0.3 is 14.6 Å². The van der Waals surface area contributed by atoms with Gasteiger partial charge in [-0.1, -0.05) is 0 Å². The molecule has 1 N–H and O–H groups in total. The van der Waals surface area contributed by atoms with Crippen LogP contribution in [-0.2, 0) is 0 Å². The highest BCUT2D eigenvalue weighted by Crippen LogP contribution is 2.25. The number of carbonyl (C=O) groups is 1. The smallest absolute Gasteiger partial charge is 0.339 e. The summed E-state index contributed by atoms with van der Waals surface area (Å²) in [6.45, 7) is 3.53. The Kier molecular flexibility index (Phi) is 4.63. The molecule has 0 radical (unpaired) electrons. The fourth-order valence-electron chi connectivity index (χ4n) is 2.22. The summed E-state index contributed by atoms with van der Waals surface area (Å²) in [6.07, 6.45) is 2.47. The minimum absolute atomic E-state index is 0.169. The molecule has 1 saturated heterocycles. The van der Waals surface area contributed by atoms with E-state index in [0.717, 1.165) is 19.6 Å². The molecule has 0 aliphatic carbocycles. The van der Waals surface area contributed by atoms with E-state index in [4.69, 9.17) is 14.6 Å². The van der Waals surface area contributed by atoms with Gasteiger partial charge >= 0.3 is 5.97 Å². The number of rotatable bonds is 6. The normalized spacial score (nSPS) is 15.4. The van der Waals surface area contributed by atoms with Crippen molar-refractivity contribution in [3.05, 3.63) is 23.8 Å². The number of carboxylic acids is 1. The Morgan fingerprint density at radius 3 is 2.74 bits per heavy atom. The van der Waals surface area contributed by atoms with Gasteiger partial charge in [0, 0.05) is 12.6 Å². The Hall–Kier alpha value is -1.75. The second-order valence-corrected chi connectivity index (χ2v) is 4.56. The molecule has 1 aliphatic heterocycles. The van der Waals surface area contributed by atoms with Crippen LogP contribution >= 0.6 is 0 Å². The van der Waals surface area contributed by atoms with Crippen LogP contribution in [0.25, 0.3) is 0 Å². The van der Waals surface area contributed by atoms with Crippen molar-refractivity contribution in [3.63, 3.8) is 0 Å². The molecule has 0 atom stereocenters. The first-order chi connectivity index (χ1) is 9.20. The minimum atomic E-state index is -0.987. The Bertz CT molecular complexity index is 441. The van der Waals surface area contributed by atoms with Crippen LogP contribution in [-0.4, -0.2) is 49.3 Å². The molecule has 0 spiro atoms. The van der Waals surface area contributed by atoms with Gasteiger partial charge in [0.15, 0.2) is 0 Å². The van der Waals surface area contributed by atoms with Crippen molar-refractivity contribution in [2.24, 2.45) is 0 Å². The lowest BCUT2D eigenvalue weighted by Crippen LogP contribution is -2.25. The highest BCUT2D eigenvalue weighted by atomic mass is 16.5. The first-order valence-corrected chi connectivity index (χ1v) is 6.47. The molecule has 0 saturated carbocycles. The third-order valence-corrected chi connectivity index (χ3v) is 3.28. The van der Waals surface area contributed by atoms with Crippen molar-refractivity contribution < 1.29 is 19.4 Å².